The van der Waals surface area contributed by atoms with E-state index in [1.165, 1.54) is 0 Å². The summed E-state index contributed by atoms with van der Waals surface area (Å²) >= 11 is 0. The molecule has 0 unspecified atom stereocenters. The number of hydrogen-bond acceptors (Lipinski definition) is 12. The Kier molecular flexibility index (Phi) is 7.79. The van der Waals surface area contributed by atoms with Crippen LogP contribution in [0.5, 0.6) is 0 Å². The molecule has 0 aromatic rings. The predicted molar refractivity (Wildman–Crippen MR) is 107 cm³/mol. The Bertz CT molecular complexity index is 910. The van der Waals surface area contributed by atoms with Gasteiger partial charge in [0.15, 0.2) is 0 Å². The molecule has 24 nitrogen and oxygen atoms in total. The van der Waals surface area contributed by atoms with Crippen molar-refractivity contribution in [1.29, 1.82) is 0 Å². The fourth-order valence-electron chi connectivity index (χ4n) is 1.79. The zero-order chi connectivity index (χ0) is 21.3. The van der Waals surface area contributed by atoms with E-state index >= 15 is 0 Å². The summed E-state index contributed by atoms with van der Waals surface area (Å²) in [6, 6.07) is 0. The Balaban J connectivity index is 4.11. The van der Waals surface area contributed by atoms with E-state index in [-0.39, 0.29) is 0 Å². The Hall–Kier alpha value is -2.82. The van der Waals surface area contributed by atoms with Gasteiger partial charge in [-0.3, -0.25) is 0 Å². The monoisotopic (exact) mass is 470 g/mol. The second-order valence-electron chi connectivity index (χ2n) is 4.32. The van der Waals surface area contributed by atoms with Crippen molar-refractivity contribution < 1.29 is 0 Å². The molecule has 1 aliphatic heterocycles. The summed E-state index contributed by atoms with van der Waals surface area (Å²) < 4.78 is 3.84. The van der Waals surface area contributed by atoms with Crippen LogP contribution in [0.4, 0.5) is 0 Å². The van der Waals surface area contributed by atoms with Crippen molar-refractivity contribution in [2.24, 2.45) is 44.8 Å². The average Bonchev–Trinajstić information content (AvgIpc) is 2.54. The summed E-state index contributed by atoms with van der Waals surface area (Å²) in [5, 5.41) is 0. The van der Waals surface area contributed by atoms with E-state index in [0.29, 0.717) is 0 Å². The van der Waals surface area contributed by atoms with Crippen LogP contribution < -0.4 is 25.6 Å². The van der Waals surface area contributed by atoms with Gasteiger partial charge in [-0.15, -0.1) is 0 Å². The van der Waals surface area contributed by atoms with E-state index in [9.17, 15) is 0 Å². The maximum atomic E-state index is 8.89. The van der Waals surface area contributed by atoms with Gasteiger partial charge in [-0.2, -0.15) is 0 Å². The molecule has 0 fully saturated rings. The van der Waals surface area contributed by atoms with E-state index in [4.69, 9.17) is 44.2 Å². The number of hydrogen-bond donors (Lipinski definition) is 5. The van der Waals surface area contributed by atoms with Gasteiger partial charge in [-0.05, 0) is 0 Å². The minimum atomic E-state index is -4.52. The molecule has 0 aromatic carbocycles. The molecule has 150 valence electrons. The van der Waals surface area contributed by atoms with Gasteiger partial charge in [0.25, 0.3) is 0 Å². The summed E-state index contributed by atoms with van der Waals surface area (Å²) in [5.74, 6) is 0. The molecule has 7 N–H and O–H groups in total. The molecule has 0 aliphatic carbocycles. The summed E-state index contributed by atoms with van der Waals surface area (Å²) in [6.07, 6.45) is 0. The summed E-state index contributed by atoms with van der Waals surface area (Å²) in [7, 11) is -17.2. The van der Waals surface area contributed by atoms with E-state index < -0.39 is 31.1 Å². The van der Waals surface area contributed by atoms with Gasteiger partial charge >= 0.3 is 153 Å². The molecule has 1 heterocycles. The first-order valence-electron chi connectivity index (χ1n) is 6.16. The molecule has 28 heteroatoms. The molecule has 0 saturated carbocycles. The van der Waals surface area contributed by atoms with Crippen LogP contribution >= 0.6 is 31.1 Å². The topological polar surface area (TPSA) is 393 Å². The first-order chi connectivity index (χ1) is 13.2. The number of nitrogens with zero attached hydrogens (tertiary/aromatic N) is 19. The Morgan fingerprint density at radius 1 is 0.643 bits per heavy atom. The van der Waals surface area contributed by atoms with E-state index in [1.54, 1.807) is 0 Å². The van der Waals surface area contributed by atoms with E-state index in [2.05, 4.69) is 77.9 Å². The van der Waals surface area contributed by atoms with E-state index in [0.717, 1.165) is 0 Å². The molecule has 1 rings (SSSR count). The van der Waals surface area contributed by atoms with Gasteiger partial charge in [-0.1, -0.05) is 0 Å². The fourth-order valence-corrected chi connectivity index (χ4v) is 15.5. The van der Waals surface area contributed by atoms with Gasteiger partial charge in [0, 0.05) is 0 Å². The van der Waals surface area contributed by atoms with Crippen LogP contribution in [0.15, 0.2) is 33.8 Å². The second-order valence-corrected chi connectivity index (χ2v) is 14.6. The standard InChI is InChI=1S/H10N24P4/c1-9-15-26(16-10-2)21-25(7,8)22-27(17-11-3,18-12-4)24-28(23-26,19-13-5)20-14-6/h21,23-24,26-28H,7-8H2. The van der Waals surface area contributed by atoms with Gasteiger partial charge < -0.3 is 0 Å². The van der Waals surface area contributed by atoms with Crippen LogP contribution in [-0.2, 0) is 0 Å². The third-order valence-electron chi connectivity index (χ3n) is 2.46. The van der Waals surface area contributed by atoms with Crippen LogP contribution in [0.2, 0.25) is 0 Å². The first kappa shape index (κ1) is 23.2. The Morgan fingerprint density at radius 3 is 1.43 bits per heavy atom. The van der Waals surface area contributed by atoms with Gasteiger partial charge in [0.05, 0.1) is 0 Å². The predicted octanol–water partition coefficient (Wildman–Crippen LogP) is 4.72. The molecule has 0 spiro atoms. The first-order valence-corrected chi connectivity index (χ1v) is 13.7. The maximum absolute atomic E-state index is 8.89. The van der Waals surface area contributed by atoms with Gasteiger partial charge in [0.1, 0.15) is 0 Å². The molecular weight excluding hydrogens is 460 g/mol. The molecule has 0 radical (unpaired) electrons. The molecule has 0 amide bonds. The number of rotatable bonds is 6. The number of nitrogens with two attached hydrogens (primary N) is 2. The van der Waals surface area contributed by atoms with Crippen molar-refractivity contribution in [3.63, 3.8) is 0 Å². The summed E-state index contributed by atoms with van der Waals surface area (Å²) in [6.45, 7) is 0. The average molecular weight is 470 g/mol. The number of azide groups is 3. The van der Waals surface area contributed by atoms with Crippen LogP contribution in [0.3, 0.4) is 0 Å². The molecular formula is H10N24P4. The van der Waals surface area contributed by atoms with Crippen LogP contribution in [0.1, 0.15) is 0 Å². The Labute approximate surface area is 154 Å². The molecule has 0 saturated heterocycles. The van der Waals surface area contributed by atoms with Crippen molar-refractivity contribution in [3.05, 3.63) is 62.7 Å². The molecule has 28 heavy (non-hydrogen) atoms. The van der Waals surface area contributed by atoms with Crippen molar-refractivity contribution in [1.82, 2.24) is 14.6 Å². The summed E-state index contributed by atoms with van der Waals surface area (Å²) in [5.41, 5.74) is 64.8. The zero-order valence-corrected chi connectivity index (χ0v) is 17.0. The molecule has 0 bridgehead atoms. The van der Waals surface area contributed by atoms with Gasteiger partial charge in [-0.25, -0.2) is 0 Å². The molecule has 0 aromatic heterocycles. The van der Waals surface area contributed by atoms with Crippen LogP contribution in [0, 0.1) is 0 Å². The fraction of sp³-hybridized carbons (Fsp3) is 0. The van der Waals surface area contributed by atoms with Crippen molar-refractivity contribution >= 4 is 31.1 Å². The molecule has 1 aliphatic rings. The van der Waals surface area contributed by atoms with Crippen LogP contribution in [0.25, 0.3) is 62.7 Å². The summed E-state index contributed by atoms with van der Waals surface area (Å²) in [4.78, 5) is 41.9. The molecule has 0 atom stereocenters. The quantitative estimate of drug-likeness (QED) is 0.158. The Morgan fingerprint density at radius 2 is 1.04 bits per heavy atom. The zero-order valence-electron chi connectivity index (χ0n) is 13.1. The third-order valence-corrected chi connectivity index (χ3v) is 15.4. The van der Waals surface area contributed by atoms with Crippen LogP contribution in [-0.4, -0.2) is 0 Å². The SMILES string of the molecule is [N-]=[N+]=N[PH]1(N=[N+]=[N-])N=P(N)(N)N[PH](N=[N+]=[N-])(N=[N+]=[N-])N[PH](N=[N+]=[N-])(N=[N+]=[N-])N1. The third kappa shape index (κ3) is 5.59. The van der Waals surface area contributed by atoms with Crippen molar-refractivity contribution in [2.45, 2.75) is 0 Å². The van der Waals surface area contributed by atoms with Crippen molar-refractivity contribution in [3.8, 4) is 0 Å². The van der Waals surface area contributed by atoms with Gasteiger partial charge in [0.2, 0.25) is 0 Å². The number of nitrogens with one attached hydrogen (secondary N) is 3. The second kappa shape index (κ2) is 9.40. The van der Waals surface area contributed by atoms with Crippen molar-refractivity contribution in [2.75, 3.05) is 0 Å². The van der Waals surface area contributed by atoms with E-state index in [1.807, 2.05) is 0 Å². The normalized spacial score (nSPS) is 23.5. The minimum absolute atomic E-state index is 2.33.